The van der Waals surface area contributed by atoms with Gasteiger partial charge in [0, 0.05) is 18.5 Å². The minimum atomic E-state index is -0.906. The Labute approximate surface area is 122 Å². The van der Waals surface area contributed by atoms with Crippen molar-refractivity contribution in [2.24, 2.45) is 5.92 Å². The van der Waals surface area contributed by atoms with Crippen molar-refractivity contribution in [1.29, 1.82) is 0 Å². The van der Waals surface area contributed by atoms with Crippen molar-refractivity contribution in [3.05, 3.63) is 30.0 Å². The molecular formula is C15H19N3O3. The third-order valence-electron chi connectivity index (χ3n) is 3.18. The Morgan fingerprint density at radius 3 is 2.81 bits per heavy atom. The fraction of sp³-hybridized carbons (Fsp3) is 0.400. The zero-order chi connectivity index (χ0) is 15.4. The molecule has 1 amide bonds. The van der Waals surface area contributed by atoms with Gasteiger partial charge in [-0.25, -0.2) is 0 Å². The average Bonchev–Trinajstić information content (AvgIpc) is 2.90. The van der Waals surface area contributed by atoms with Crippen LogP contribution in [-0.2, 0) is 4.79 Å². The smallest absolute Gasteiger partial charge is 0.305 e. The first-order valence-corrected chi connectivity index (χ1v) is 6.92. The molecule has 1 aromatic heterocycles. The van der Waals surface area contributed by atoms with E-state index in [1.165, 1.54) is 0 Å². The summed E-state index contributed by atoms with van der Waals surface area (Å²) in [5, 5.41) is 16.5. The number of H-pyrrole nitrogens is 1. The Morgan fingerprint density at radius 1 is 1.38 bits per heavy atom. The number of rotatable bonds is 6. The summed E-state index contributed by atoms with van der Waals surface area (Å²) >= 11 is 0. The number of nitrogens with one attached hydrogen (secondary N) is 1. The molecule has 0 saturated heterocycles. The van der Waals surface area contributed by atoms with E-state index in [1.54, 1.807) is 23.2 Å². The van der Waals surface area contributed by atoms with Gasteiger partial charge in [0.15, 0.2) is 0 Å². The van der Waals surface area contributed by atoms with E-state index < -0.39 is 5.97 Å². The maximum absolute atomic E-state index is 12.7. The minimum absolute atomic E-state index is 0.0581. The standard InChI is InChI=1S/C15H19N3O3/c1-10(2)9-18(7-6-13(19)20)15(21)12-5-3-4-11-8-16-17-14(11)12/h3-5,8,10H,6-7,9H2,1-2H3,(H,16,17)(H,19,20). The number of nitrogens with zero attached hydrogens (tertiary/aromatic N) is 2. The van der Waals surface area contributed by atoms with E-state index in [-0.39, 0.29) is 24.8 Å². The number of carbonyl (C=O) groups excluding carboxylic acids is 1. The van der Waals surface area contributed by atoms with E-state index in [0.717, 1.165) is 5.39 Å². The van der Waals surface area contributed by atoms with Gasteiger partial charge in [0.2, 0.25) is 0 Å². The van der Waals surface area contributed by atoms with Crippen LogP contribution in [0.25, 0.3) is 10.9 Å². The molecule has 0 aliphatic heterocycles. The largest absolute Gasteiger partial charge is 0.481 e. The van der Waals surface area contributed by atoms with Gasteiger partial charge in [0.25, 0.3) is 5.91 Å². The van der Waals surface area contributed by atoms with E-state index in [2.05, 4.69) is 10.2 Å². The van der Waals surface area contributed by atoms with Crippen molar-refractivity contribution < 1.29 is 14.7 Å². The summed E-state index contributed by atoms with van der Waals surface area (Å²) in [7, 11) is 0. The van der Waals surface area contributed by atoms with Gasteiger partial charge in [-0.05, 0) is 12.0 Å². The predicted molar refractivity (Wildman–Crippen MR) is 79.1 cm³/mol. The summed E-state index contributed by atoms with van der Waals surface area (Å²) in [6, 6.07) is 5.41. The highest BCUT2D eigenvalue weighted by Gasteiger charge is 2.20. The quantitative estimate of drug-likeness (QED) is 0.853. The lowest BCUT2D eigenvalue weighted by molar-refractivity contribution is -0.137. The van der Waals surface area contributed by atoms with Gasteiger partial charge < -0.3 is 10.0 Å². The predicted octanol–water partition coefficient (Wildman–Crippen LogP) is 2.14. The van der Waals surface area contributed by atoms with Crippen molar-refractivity contribution in [3.8, 4) is 0 Å². The second-order valence-electron chi connectivity index (χ2n) is 5.43. The normalized spacial score (nSPS) is 11.0. The molecule has 6 nitrogen and oxygen atoms in total. The van der Waals surface area contributed by atoms with Gasteiger partial charge >= 0.3 is 5.97 Å². The molecule has 0 radical (unpaired) electrons. The molecule has 0 spiro atoms. The van der Waals surface area contributed by atoms with Gasteiger partial charge in [-0.2, -0.15) is 5.10 Å². The molecule has 0 fully saturated rings. The first-order valence-electron chi connectivity index (χ1n) is 6.92. The lowest BCUT2D eigenvalue weighted by Crippen LogP contribution is -2.36. The van der Waals surface area contributed by atoms with Crippen LogP contribution in [0, 0.1) is 5.92 Å². The fourth-order valence-electron chi connectivity index (χ4n) is 2.26. The molecule has 0 aliphatic rings. The maximum Gasteiger partial charge on any atom is 0.305 e. The number of hydrogen-bond donors (Lipinski definition) is 2. The number of amides is 1. The number of aromatic nitrogens is 2. The van der Waals surface area contributed by atoms with E-state index in [4.69, 9.17) is 5.11 Å². The Balaban J connectivity index is 2.28. The van der Waals surface area contributed by atoms with Crippen molar-refractivity contribution in [1.82, 2.24) is 15.1 Å². The molecule has 112 valence electrons. The minimum Gasteiger partial charge on any atom is -0.481 e. The summed E-state index contributed by atoms with van der Waals surface area (Å²) in [6.07, 6.45) is 1.60. The van der Waals surface area contributed by atoms with E-state index in [0.29, 0.717) is 17.6 Å². The van der Waals surface area contributed by atoms with Crippen LogP contribution in [-0.4, -0.2) is 45.2 Å². The van der Waals surface area contributed by atoms with Gasteiger partial charge in [-0.3, -0.25) is 14.7 Å². The number of hydrogen-bond acceptors (Lipinski definition) is 3. The van der Waals surface area contributed by atoms with E-state index >= 15 is 0 Å². The molecule has 0 bridgehead atoms. The Hall–Kier alpha value is -2.37. The van der Waals surface area contributed by atoms with Crippen LogP contribution in [0.2, 0.25) is 0 Å². The van der Waals surface area contributed by atoms with E-state index in [9.17, 15) is 9.59 Å². The molecule has 2 rings (SSSR count). The monoisotopic (exact) mass is 289 g/mol. The second kappa shape index (κ2) is 6.39. The maximum atomic E-state index is 12.7. The van der Waals surface area contributed by atoms with Crippen LogP contribution in [0.4, 0.5) is 0 Å². The number of aliphatic carboxylic acids is 1. The second-order valence-corrected chi connectivity index (χ2v) is 5.43. The van der Waals surface area contributed by atoms with Gasteiger partial charge in [-0.1, -0.05) is 26.0 Å². The molecule has 0 aliphatic carbocycles. The molecule has 6 heteroatoms. The molecular weight excluding hydrogens is 270 g/mol. The van der Waals surface area contributed by atoms with Gasteiger partial charge in [-0.15, -0.1) is 0 Å². The van der Waals surface area contributed by atoms with Crippen molar-refractivity contribution >= 4 is 22.8 Å². The third kappa shape index (κ3) is 3.59. The number of carboxylic acid groups (broad SMARTS) is 1. The lowest BCUT2D eigenvalue weighted by atomic mass is 10.1. The highest BCUT2D eigenvalue weighted by Crippen LogP contribution is 2.18. The summed E-state index contributed by atoms with van der Waals surface area (Å²) in [5.41, 5.74) is 1.21. The van der Waals surface area contributed by atoms with Crippen LogP contribution in [0.15, 0.2) is 24.4 Å². The molecule has 0 unspecified atom stereocenters. The summed E-state index contributed by atoms with van der Waals surface area (Å²) in [4.78, 5) is 25.0. The Kier molecular flexibility index (Phi) is 4.57. The summed E-state index contributed by atoms with van der Waals surface area (Å²) < 4.78 is 0. The molecule has 1 aromatic carbocycles. The highest BCUT2D eigenvalue weighted by atomic mass is 16.4. The molecule has 2 N–H and O–H groups in total. The number of aromatic amines is 1. The van der Waals surface area contributed by atoms with Crippen molar-refractivity contribution in [2.75, 3.05) is 13.1 Å². The molecule has 1 heterocycles. The number of carbonyl (C=O) groups is 2. The van der Waals surface area contributed by atoms with Gasteiger partial charge in [0.05, 0.1) is 23.7 Å². The molecule has 2 aromatic rings. The number of carboxylic acids is 1. The van der Waals surface area contributed by atoms with Crippen LogP contribution in [0.3, 0.4) is 0 Å². The number of benzene rings is 1. The molecule has 0 saturated carbocycles. The van der Waals surface area contributed by atoms with Crippen LogP contribution in [0.1, 0.15) is 30.6 Å². The van der Waals surface area contributed by atoms with Gasteiger partial charge in [0.1, 0.15) is 0 Å². The molecule has 0 atom stereocenters. The SMILES string of the molecule is CC(C)CN(CCC(=O)O)C(=O)c1cccc2cn[nH]c12. The van der Waals surface area contributed by atoms with Crippen molar-refractivity contribution in [2.45, 2.75) is 20.3 Å². The topological polar surface area (TPSA) is 86.3 Å². The highest BCUT2D eigenvalue weighted by molar-refractivity contribution is 6.05. The zero-order valence-electron chi connectivity index (χ0n) is 12.2. The first kappa shape index (κ1) is 15.0. The van der Waals surface area contributed by atoms with Crippen LogP contribution >= 0.6 is 0 Å². The Bertz CT molecular complexity index is 648. The average molecular weight is 289 g/mol. The number of fused-ring (bicyclic) bond motifs is 1. The Morgan fingerprint density at radius 2 is 2.14 bits per heavy atom. The third-order valence-corrected chi connectivity index (χ3v) is 3.18. The fourth-order valence-corrected chi connectivity index (χ4v) is 2.26. The van der Waals surface area contributed by atoms with Crippen molar-refractivity contribution in [3.63, 3.8) is 0 Å². The molecule has 21 heavy (non-hydrogen) atoms. The number of para-hydroxylation sites is 1. The summed E-state index contributed by atoms with van der Waals surface area (Å²) in [5.74, 6) is -0.806. The first-order chi connectivity index (χ1) is 9.99. The van der Waals surface area contributed by atoms with Crippen LogP contribution < -0.4 is 0 Å². The zero-order valence-corrected chi connectivity index (χ0v) is 12.2. The van der Waals surface area contributed by atoms with Crippen LogP contribution in [0.5, 0.6) is 0 Å². The lowest BCUT2D eigenvalue weighted by Gasteiger charge is -2.24. The summed E-state index contributed by atoms with van der Waals surface area (Å²) in [6.45, 7) is 4.73. The van der Waals surface area contributed by atoms with E-state index in [1.807, 2.05) is 19.9 Å².